The number of pyridine rings is 1. The van der Waals surface area contributed by atoms with E-state index >= 15 is 0 Å². The Balaban J connectivity index is 1.74. The van der Waals surface area contributed by atoms with E-state index in [1.54, 1.807) is 24.2 Å². The second-order valence-electron chi connectivity index (χ2n) is 6.53. The van der Waals surface area contributed by atoms with E-state index in [1.165, 1.54) is 0 Å². The molecular formula is C20H24N4O2. The first-order valence-electron chi connectivity index (χ1n) is 8.80. The number of rotatable bonds is 4. The van der Waals surface area contributed by atoms with Gasteiger partial charge < -0.3 is 10.2 Å². The van der Waals surface area contributed by atoms with Crippen LogP contribution in [0, 0.1) is 6.92 Å². The molecule has 1 fully saturated rings. The van der Waals surface area contributed by atoms with Gasteiger partial charge in [-0.05, 0) is 24.6 Å². The van der Waals surface area contributed by atoms with E-state index in [0.717, 1.165) is 11.3 Å². The summed E-state index contributed by atoms with van der Waals surface area (Å²) in [5.41, 5.74) is 2.59. The van der Waals surface area contributed by atoms with Crippen LogP contribution in [0.25, 0.3) is 0 Å². The number of nitrogens with zero attached hydrogens (tertiary/aromatic N) is 3. The summed E-state index contributed by atoms with van der Waals surface area (Å²) in [6.45, 7) is 4.19. The zero-order valence-electron chi connectivity index (χ0n) is 15.2. The molecule has 0 radical (unpaired) electrons. The van der Waals surface area contributed by atoms with Gasteiger partial charge in [-0.3, -0.25) is 19.5 Å². The predicted molar refractivity (Wildman–Crippen MR) is 99.6 cm³/mol. The van der Waals surface area contributed by atoms with Gasteiger partial charge in [0.05, 0.1) is 5.56 Å². The fraction of sp³-hybridized carbons (Fsp3) is 0.350. The van der Waals surface area contributed by atoms with Crippen molar-refractivity contribution in [1.29, 1.82) is 0 Å². The van der Waals surface area contributed by atoms with Crippen molar-refractivity contribution in [1.82, 2.24) is 20.1 Å². The van der Waals surface area contributed by atoms with E-state index in [4.69, 9.17) is 0 Å². The number of hydrogen-bond donors (Lipinski definition) is 1. The Morgan fingerprint density at radius 1 is 1.15 bits per heavy atom. The Bertz CT molecular complexity index is 761. The molecule has 6 heteroatoms. The van der Waals surface area contributed by atoms with E-state index in [1.807, 2.05) is 31.2 Å². The van der Waals surface area contributed by atoms with Crippen LogP contribution in [0.3, 0.4) is 0 Å². The summed E-state index contributed by atoms with van der Waals surface area (Å²) < 4.78 is 0. The number of aromatic nitrogens is 1. The van der Waals surface area contributed by atoms with Gasteiger partial charge in [0.2, 0.25) is 5.91 Å². The van der Waals surface area contributed by atoms with Gasteiger partial charge in [0.1, 0.15) is 6.04 Å². The Kier molecular flexibility index (Phi) is 5.63. The lowest BCUT2D eigenvalue weighted by molar-refractivity contribution is -0.128. The van der Waals surface area contributed by atoms with Crippen LogP contribution in [0.2, 0.25) is 0 Å². The molecule has 2 aromatic rings. The average Bonchev–Trinajstić information content (AvgIpc) is 2.68. The maximum Gasteiger partial charge on any atom is 0.255 e. The molecular weight excluding hydrogens is 328 g/mol. The number of piperazine rings is 1. The van der Waals surface area contributed by atoms with Crippen LogP contribution in [-0.2, 0) is 11.3 Å². The highest BCUT2D eigenvalue weighted by Gasteiger charge is 2.34. The molecule has 0 aliphatic carbocycles. The van der Waals surface area contributed by atoms with Gasteiger partial charge in [0.15, 0.2) is 0 Å². The summed E-state index contributed by atoms with van der Waals surface area (Å²) in [6, 6.07) is 13.3. The van der Waals surface area contributed by atoms with Gasteiger partial charge in [-0.1, -0.05) is 30.3 Å². The van der Waals surface area contributed by atoms with Crippen molar-refractivity contribution in [2.75, 3.05) is 26.7 Å². The highest BCUT2D eigenvalue weighted by Crippen LogP contribution is 2.17. The molecule has 0 bridgehead atoms. The van der Waals surface area contributed by atoms with Crippen LogP contribution in [0.1, 0.15) is 21.6 Å². The molecule has 1 aliphatic rings. The first kappa shape index (κ1) is 18.1. The lowest BCUT2D eigenvalue weighted by Gasteiger charge is -2.40. The summed E-state index contributed by atoms with van der Waals surface area (Å²) in [5, 5.41) is 2.73. The quantitative estimate of drug-likeness (QED) is 0.905. The van der Waals surface area contributed by atoms with E-state index in [0.29, 0.717) is 31.7 Å². The molecule has 3 rings (SSSR count). The van der Waals surface area contributed by atoms with E-state index < -0.39 is 0 Å². The fourth-order valence-electron chi connectivity index (χ4n) is 3.20. The van der Waals surface area contributed by atoms with Gasteiger partial charge >= 0.3 is 0 Å². The van der Waals surface area contributed by atoms with Crippen molar-refractivity contribution >= 4 is 11.8 Å². The van der Waals surface area contributed by atoms with Crippen LogP contribution in [0.4, 0.5) is 0 Å². The Labute approximate surface area is 153 Å². The number of nitrogens with one attached hydrogen (secondary N) is 1. The highest BCUT2D eigenvalue weighted by atomic mass is 16.2. The van der Waals surface area contributed by atoms with Crippen molar-refractivity contribution in [2.45, 2.75) is 19.5 Å². The van der Waals surface area contributed by atoms with Crippen molar-refractivity contribution in [3.63, 3.8) is 0 Å². The monoisotopic (exact) mass is 352 g/mol. The molecule has 6 nitrogen and oxygen atoms in total. The smallest absolute Gasteiger partial charge is 0.255 e. The Morgan fingerprint density at radius 2 is 1.92 bits per heavy atom. The summed E-state index contributed by atoms with van der Waals surface area (Å²) in [5.74, 6) is -0.147. The van der Waals surface area contributed by atoms with Crippen LogP contribution in [0.15, 0.2) is 48.7 Å². The number of likely N-dealkylation sites (N-methyl/N-ethyl adjacent to an activating group) is 1. The SMILES string of the molecule is CNC(=O)[C@@H]1CN(C(=O)c2ccc(C)nc2)CCN1Cc1ccccc1. The summed E-state index contributed by atoms with van der Waals surface area (Å²) in [4.78, 5) is 33.3. The summed E-state index contributed by atoms with van der Waals surface area (Å²) in [6.07, 6.45) is 1.60. The molecule has 1 aliphatic heterocycles. The molecule has 136 valence electrons. The largest absolute Gasteiger partial charge is 0.358 e. The summed E-state index contributed by atoms with van der Waals surface area (Å²) >= 11 is 0. The minimum Gasteiger partial charge on any atom is -0.358 e. The maximum atomic E-state index is 12.8. The Hall–Kier alpha value is -2.73. The van der Waals surface area contributed by atoms with Crippen LogP contribution in [0.5, 0.6) is 0 Å². The maximum absolute atomic E-state index is 12.8. The number of hydrogen-bond acceptors (Lipinski definition) is 4. The molecule has 1 N–H and O–H groups in total. The van der Waals surface area contributed by atoms with E-state index in [-0.39, 0.29) is 17.9 Å². The highest BCUT2D eigenvalue weighted by molar-refractivity contribution is 5.94. The first-order valence-corrected chi connectivity index (χ1v) is 8.80. The molecule has 1 atom stereocenters. The second-order valence-corrected chi connectivity index (χ2v) is 6.53. The minimum absolute atomic E-state index is 0.0690. The standard InChI is InChI=1S/C20H24N4O2/c1-15-8-9-17(12-22-15)20(26)24-11-10-23(18(14-24)19(25)21-2)13-16-6-4-3-5-7-16/h3-9,12,18H,10-11,13-14H2,1-2H3,(H,21,25)/t18-/m0/s1. The second kappa shape index (κ2) is 8.10. The topological polar surface area (TPSA) is 65.5 Å². The lowest BCUT2D eigenvalue weighted by Crippen LogP contribution is -2.59. The lowest BCUT2D eigenvalue weighted by atomic mass is 10.1. The number of aryl methyl sites for hydroxylation is 1. The molecule has 0 unspecified atom stereocenters. The molecule has 2 amide bonds. The van der Waals surface area contributed by atoms with Crippen LogP contribution >= 0.6 is 0 Å². The third-order valence-corrected chi connectivity index (χ3v) is 4.71. The van der Waals surface area contributed by atoms with Gasteiger partial charge in [-0.2, -0.15) is 0 Å². The van der Waals surface area contributed by atoms with Crippen molar-refractivity contribution in [3.8, 4) is 0 Å². The number of carbonyl (C=O) groups is 2. The van der Waals surface area contributed by atoms with Gasteiger partial charge in [0, 0.05) is 45.1 Å². The number of amides is 2. The molecule has 1 aromatic carbocycles. The van der Waals surface area contributed by atoms with Crippen LogP contribution < -0.4 is 5.32 Å². The van der Waals surface area contributed by atoms with E-state index in [2.05, 4.69) is 27.3 Å². The zero-order valence-corrected chi connectivity index (χ0v) is 15.2. The predicted octanol–water partition coefficient (Wildman–Crippen LogP) is 1.46. The van der Waals surface area contributed by atoms with Gasteiger partial charge in [-0.15, -0.1) is 0 Å². The molecule has 2 heterocycles. The average molecular weight is 352 g/mol. The number of carbonyl (C=O) groups excluding carboxylic acids is 2. The fourth-order valence-corrected chi connectivity index (χ4v) is 3.20. The summed E-state index contributed by atoms with van der Waals surface area (Å²) in [7, 11) is 1.63. The normalized spacial score (nSPS) is 17.8. The zero-order chi connectivity index (χ0) is 18.5. The Morgan fingerprint density at radius 3 is 2.58 bits per heavy atom. The van der Waals surface area contributed by atoms with E-state index in [9.17, 15) is 9.59 Å². The minimum atomic E-state index is -0.365. The van der Waals surface area contributed by atoms with Crippen molar-refractivity contribution < 1.29 is 9.59 Å². The number of benzene rings is 1. The van der Waals surface area contributed by atoms with Gasteiger partial charge in [-0.25, -0.2) is 0 Å². The molecule has 1 saturated heterocycles. The third kappa shape index (κ3) is 4.08. The molecule has 0 spiro atoms. The molecule has 1 aromatic heterocycles. The first-order chi connectivity index (χ1) is 12.6. The molecule has 0 saturated carbocycles. The molecule has 26 heavy (non-hydrogen) atoms. The van der Waals surface area contributed by atoms with Crippen molar-refractivity contribution in [3.05, 3.63) is 65.5 Å². The van der Waals surface area contributed by atoms with Crippen LogP contribution in [-0.4, -0.2) is 59.3 Å². The van der Waals surface area contributed by atoms with Gasteiger partial charge in [0.25, 0.3) is 5.91 Å². The third-order valence-electron chi connectivity index (χ3n) is 4.71. The van der Waals surface area contributed by atoms with Crippen molar-refractivity contribution in [2.24, 2.45) is 0 Å².